The van der Waals surface area contributed by atoms with Gasteiger partial charge in [-0.3, -0.25) is 4.90 Å². The molecule has 0 radical (unpaired) electrons. The third-order valence-electron chi connectivity index (χ3n) is 6.31. The summed E-state index contributed by atoms with van der Waals surface area (Å²) >= 11 is 1.69. The third kappa shape index (κ3) is 4.85. The van der Waals surface area contributed by atoms with Gasteiger partial charge in [0.1, 0.15) is 11.6 Å². The molecule has 0 bridgehead atoms. The van der Waals surface area contributed by atoms with Crippen molar-refractivity contribution in [1.82, 2.24) is 14.9 Å². The Labute approximate surface area is 212 Å². The van der Waals surface area contributed by atoms with E-state index in [9.17, 15) is 8.78 Å². The fraction of sp³-hybridized carbons (Fsp3) is 0.333. The minimum Gasteiger partial charge on any atom is -0.493 e. The van der Waals surface area contributed by atoms with E-state index < -0.39 is 5.92 Å². The van der Waals surface area contributed by atoms with Crippen LogP contribution in [0.3, 0.4) is 0 Å². The Balaban J connectivity index is 1.40. The molecular formula is C27H28F2N4O2S. The van der Waals surface area contributed by atoms with Gasteiger partial charge in [-0.25, -0.2) is 18.7 Å². The van der Waals surface area contributed by atoms with Crippen molar-refractivity contribution in [1.29, 1.82) is 0 Å². The number of hydrogen-bond donors (Lipinski definition) is 1. The van der Waals surface area contributed by atoms with E-state index in [1.807, 2.05) is 37.3 Å². The van der Waals surface area contributed by atoms with Crippen LogP contribution in [0, 0.1) is 6.92 Å². The maximum absolute atomic E-state index is 13.3. The quantitative estimate of drug-likeness (QED) is 0.300. The maximum atomic E-state index is 13.3. The summed E-state index contributed by atoms with van der Waals surface area (Å²) in [5.41, 5.74) is 2.91. The molecule has 2 aromatic carbocycles. The average molecular weight is 511 g/mol. The zero-order valence-corrected chi connectivity index (χ0v) is 21.5. The lowest BCUT2D eigenvalue weighted by Gasteiger charge is -2.39. The van der Waals surface area contributed by atoms with E-state index in [-0.39, 0.29) is 19.1 Å². The number of hydrogen-bond acceptors (Lipinski definition) is 7. The standard InChI is InChI=1S/C27H28F2N4O2S/c1-16(30-26-20-11-22(34-3)23(35-4)12-21(20)31-17(2)32-26)24-9-10-25(36-24)19-8-6-5-7-18(19)13-33-14-27(28,29)15-33/h5-12,16H,13-15H2,1-4H3,(H,30,31,32). The van der Waals surface area contributed by atoms with Crippen molar-refractivity contribution >= 4 is 28.1 Å². The fourth-order valence-corrected chi connectivity index (χ4v) is 5.62. The molecule has 1 N–H and O–H groups in total. The molecule has 5 rings (SSSR count). The smallest absolute Gasteiger partial charge is 0.272 e. The van der Waals surface area contributed by atoms with Crippen molar-refractivity contribution in [3.8, 4) is 21.9 Å². The molecule has 188 valence electrons. The second kappa shape index (κ2) is 9.63. The summed E-state index contributed by atoms with van der Waals surface area (Å²) in [6.45, 7) is 4.11. The molecule has 36 heavy (non-hydrogen) atoms. The summed E-state index contributed by atoms with van der Waals surface area (Å²) in [5.74, 6) is 0.0423. The highest BCUT2D eigenvalue weighted by Crippen LogP contribution is 2.38. The molecule has 1 aliphatic rings. The van der Waals surface area contributed by atoms with Crippen LogP contribution < -0.4 is 14.8 Å². The zero-order valence-electron chi connectivity index (χ0n) is 20.6. The predicted molar refractivity (Wildman–Crippen MR) is 139 cm³/mol. The summed E-state index contributed by atoms with van der Waals surface area (Å²) in [6.07, 6.45) is 0. The molecule has 1 fully saturated rings. The summed E-state index contributed by atoms with van der Waals surface area (Å²) in [4.78, 5) is 13.2. The van der Waals surface area contributed by atoms with Gasteiger partial charge in [-0.15, -0.1) is 11.3 Å². The van der Waals surface area contributed by atoms with Gasteiger partial charge in [0.2, 0.25) is 0 Å². The summed E-state index contributed by atoms with van der Waals surface area (Å²) in [6, 6.07) is 15.9. The minimum absolute atomic E-state index is 0.0180. The highest BCUT2D eigenvalue weighted by Gasteiger charge is 2.43. The molecule has 9 heteroatoms. The van der Waals surface area contributed by atoms with Gasteiger partial charge in [0.15, 0.2) is 11.5 Å². The molecule has 4 aromatic rings. The SMILES string of the molecule is COc1cc2nc(C)nc(NC(C)c3ccc(-c4ccccc4CN4CC(F)(F)C4)s3)c2cc1OC. The van der Waals surface area contributed by atoms with Crippen molar-refractivity contribution in [3.05, 3.63) is 64.8 Å². The van der Waals surface area contributed by atoms with Crippen molar-refractivity contribution in [2.75, 3.05) is 32.6 Å². The number of nitrogens with one attached hydrogen (secondary N) is 1. The number of methoxy groups -OCH3 is 2. The van der Waals surface area contributed by atoms with Gasteiger partial charge in [0, 0.05) is 27.8 Å². The number of ether oxygens (including phenoxy) is 2. The average Bonchev–Trinajstić information content (AvgIpc) is 3.32. The molecular weight excluding hydrogens is 482 g/mol. The van der Waals surface area contributed by atoms with E-state index >= 15 is 0 Å². The zero-order chi connectivity index (χ0) is 25.4. The van der Waals surface area contributed by atoms with E-state index in [4.69, 9.17) is 9.47 Å². The van der Waals surface area contributed by atoms with Gasteiger partial charge in [0.05, 0.1) is 38.9 Å². The number of aromatic nitrogens is 2. The van der Waals surface area contributed by atoms with E-state index in [0.717, 1.165) is 37.6 Å². The van der Waals surface area contributed by atoms with Gasteiger partial charge >= 0.3 is 0 Å². The number of thiophene rings is 1. The number of alkyl halides is 2. The second-order valence-electron chi connectivity index (χ2n) is 9.07. The number of benzene rings is 2. The number of halogens is 2. The summed E-state index contributed by atoms with van der Waals surface area (Å²) < 4.78 is 37.6. The van der Waals surface area contributed by atoms with Crippen LogP contribution in [0.25, 0.3) is 21.3 Å². The lowest BCUT2D eigenvalue weighted by atomic mass is 10.0. The molecule has 2 aromatic heterocycles. The molecule has 0 aliphatic carbocycles. The van der Waals surface area contributed by atoms with Crippen LogP contribution >= 0.6 is 11.3 Å². The normalized spacial score (nSPS) is 15.9. The van der Waals surface area contributed by atoms with Gasteiger partial charge in [-0.05, 0) is 43.2 Å². The molecule has 0 spiro atoms. The molecule has 0 amide bonds. The molecule has 0 saturated carbocycles. The first kappa shape index (κ1) is 24.4. The molecule has 6 nitrogen and oxygen atoms in total. The van der Waals surface area contributed by atoms with Gasteiger partial charge in [-0.2, -0.15) is 0 Å². The number of rotatable bonds is 8. The van der Waals surface area contributed by atoms with Crippen LogP contribution in [0.5, 0.6) is 11.5 Å². The Morgan fingerprint density at radius 2 is 1.78 bits per heavy atom. The first-order valence-electron chi connectivity index (χ1n) is 11.7. The highest BCUT2D eigenvalue weighted by atomic mass is 32.1. The van der Waals surface area contributed by atoms with Crippen molar-refractivity contribution in [2.24, 2.45) is 0 Å². The maximum Gasteiger partial charge on any atom is 0.272 e. The van der Waals surface area contributed by atoms with Crippen LogP contribution in [0.2, 0.25) is 0 Å². The van der Waals surface area contributed by atoms with Crippen molar-refractivity contribution in [3.63, 3.8) is 0 Å². The lowest BCUT2D eigenvalue weighted by Crippen LogP contribution is -2.55. The van der Waals surface area contributed by atoms with Crippen molar-refractivity contribution in [2.45, 2.75) is 32.4 Å². The first-order valence-corrected chi connectivity index (χ1v) is 12.5. The number of nitrogens with zero attached hydrogens (tertiary/aromatic N) is 3. The second-order valence-corrected chi connectivity index (χ2v) is 10.2. The van der Waals surface area contributed by atoms with Gasteiger partial charge in [-0.1, -0.05) is 24.3 Å². The topological polar surface area (TPSA) is 59.5 Å². The molecule has 1 saturated heterocycles. The largest absolute Gasteiger partial charge is 0.493 e. The van der Waals surface area contributed by atoms with Crippen LogP contribution in [-0.2, 0) is 6.54 Å². The van der Waals surface area contributed by atoms with E-state index in [2.05, 4.69) is 40.4 Å². The van der Waals surface area contributed by atoms with Gasteiger partial charge < -0.3 is 14.8 Å². The number of aryl methyl sites for hydroxylation is 1. The third-order valence-corrected chi connectivity index (χ3v) is 7.61. The Bertz CT molecular complexity index is 1400. The van der Waals surface area contributed by atoms with Gasteiger partial charge in [0.25, 0.3) is 5.92 Å². The molecule has 3 heterocycles. The summed E-state index contributed by atoms with van der Waals surface area (Å²) in [5, 5.41) is 4.39. The Morgan fingerprint density at radius 1 is 1.06 bits per heavy atom. The fourth-order valence-electron chi connectivity index (χ4n) is 4.55. The number of fused-ring (bicyclic) bond motifs is 1. The first-order chi connectivity index (χ1) is 17.3. The number of likely N-dealkylation sites (tertiary alicyclic amines) is 1. The van der Waals surface area contributed by atoms with Crippen molar-refractivity contribution < 1.29 is 18.3 Å². The van der Waals surface area contributed by atoms with Crippen LogP contribution in [0.1, 0.15) is 29.2 Å². The monoisotopic (exact) mass is 510 g/mol. The predicted octanol–water partition coefficient (Wildman–Crippen LogP) is 6.31. The molecule has 1 unspecified atom stereocenters. The lowest BCUT2D eigenvalue weighted by molar-refractivity contribution is -0.133. The van der Waals surface area contributed by atoms with E-state index in [1.54, 1.807) is 30.5 Å². The number of anilines is 1. The Hall–Kier alpha value is -3.30. The minimum atomic E-state index is -2.56. The van der Waals surface area contributed by atoms with E-state index in [1.165, 1.54) is 0 Å². The Kier molecular flexibility index (Phi) is 6.53. The van der Waals surface area contributed by atoms with Crippen LogP contribution in [-0.4, -0.2) is 48.1 Å². The van der Waals surface area contributed by atoms with E-state index in [0.29, 0.717) is 23.9 Å². The molecule has 1 aliphatic heterocycles. The summed E-state index contributed by atoms with van der Waals surface area (Å²) in [7, 11) is 3.21. The van der Waals surface area contributed by atoms with Crippen LogP contribution in [0.4, 0.5) is 14.6 Å². The Morgan fingerprint density at radius 3 is 2.50 bits per heavy atom. The molecule has 1 atom stereocenters. The van der Waals surface area contributed by atoms with Crippen LogP contribution in [0.15, 0.2) is 48.5 Å². The highest BCUT2D eigenvalue weighted by molar-refractivity contribution is 7.15.